The molecule has 1 aliphatic rings. The highest BCUT2D eigenvalue weighted by molar-refractivity contribution is 7.85. The Morgan fingerprint density at radius 2 is 2.19 bits per heavy atom. The number of nitrogens with zero attached hydrogens (tertiary/aromatic N) is 3. The number of anilines is 1. The summed E-state index contributed by atoms with van der Waals surface area (Å²) in [6.07, 6.45) is 1.72. The Bertz CT molecular complexity index is 457. The molecule has 0 aliphatic carbocycles. The van der Waals surface area contributed by atoms with E-state index < -0.39 is 10.8 Å². The normalized spacial score (nSPS) is 17.1. The van der Waals surface area contributed by atoms with Crippen molar-refractivity contribution >= 4 is 16.6 Å². The molecule has 0 atom stereocenters. The summed E-state index contributed by atoms with van der Waals surface area (Å²) < 4.78 is 11.3. The van der Waals surface area contributed by atoms with Gasteiger partial charge in [0.25, 0.3) is 0 Å². The van der Waals surface area contributed by atoms with Crippen LogP contribution >= 0.6 is 0 Å². The molecule has 0 radical (unpaired) electrons. The quantitative estimate of drug-likeness (QED) is 0.723. The van der Waals surface area contributed by atoms with Crippen molar-refractivity contribution in [2.45, 2.75) is 6.92 Å². The van der Waals surface area contributed by atoms with Gasteiger partial charge in [0.1, 0.15) is 11.9 Å². The van der Waals surface area contributed by atoms with Crippen LogP contribution in [0.1, 0.15) is 11.1 Å². The molecule has 0 unspecified atom stereocenters. The Morgan fingerprint density at radius 1 is 1.50 bits per heavy atom. The van der Waals surface area contributed by atoms with Crippen LogP contribution in [0.25, 0.3) is 0 Å². The Balaban J connectivity index is 2.31. The molecule has 1 aromatic rings. The molecule has 0 N–H and O–H groups in total. The van der Waals surface area contributed by atoms with Gasteiger partial charge in [-0.1, -0.05) is 0 Å². The van der Waals surface area contributed by atoms with Crippen LogP contribution in [0.15, 0.2) is 12.3 Å². The first-order valence-electron chi connectivity index (χ1n) is 5.18. The van der Waals surface area contributed by atoms with Crippen LogP contribution in [0, 0.1) is 18.3 Å². The van der Waals surface area contributed by atoms with Crippen LogP contribution < -0.4 is 4.90 Å². The fourth-order valence-corrected chi connectivity index (χ4v) is 2.82. The van der Waals surface area contributed by atoms with Crippen LogP contribution in [-0.2, 0) is 10.8 Å². The largest absolute Gasteiger partial charge is 0.354 e. The van der Waals surface area contributed by atoms with Crippen molar-refractivity contribution in [1.82, 2.24) is 4.98 Å². The van der Waals surface area contributed by atoms with Gasteiger partial charge in [0.15, 0.2) is 0 Å². The third-order valence-corrected chi connectivity index (χ3v) is 4.00. The second-order valence-corrected chi connectivity index (χ2v) is 5.47. The minimum Gasteiger partial charge on any atom is -0.354 e. The van der Waals surface area contributed by atoms with E-state index in [1.807, 2.05) is 17.9 Å². The lowest BCUT2D eigenvalue weighted by Crippen LogP contribution is -2.38. The van der Waals surface area contributed by atoms with Gasteiger partial charge in [-0.3, -0.25) is 4.21 Å². The summed E-state index contributed by atoms with van der Waals surface area (Å²) in [5.74, 6) is 2.07. The molecule has 2 heterocycles. The van der Waals surface area contributed by atoms with Gasteiger partial charge in [-0.15, -0.1) is 0 Å². The predicted octanol–water partition coefficient (Wildman–Crippen LogP) is 0.830. The van der Waals surface area contributed by atoms with Crippen molar-refractivity contribution < 1.29 is 4.21 Å². The van der Waals surface area contributed by atoms with Gasteiger partial charge in [-0.05, 0) is 18.6 Å². The van der Waals surface area contributed by atoms with Gasteiger partial charge < -0.3 is 4.90 Å². The highest BCUT2D eigenvalue weighted by atomic mass is 32.2. The fourth-order valence-electron chi connectivity index (χ4n) is 1.77. The molecule has 1 aromatic heterocycles. The van der Waals surface area contributed by atoms with Crippen molar-refractivity contribution in [2.75, 3.05) is 29.5 Å². The highest BCUT2D eigenvalue weighted by Gasteiger charge is 2.19. The molecule has 0 spiro atoms. The lowest BCUT2D eigenvalue weighted by Gasteiger charge is -2.28. The Kier molecular flexibility index (Phi) is 3.20. The smallest absolute Gasteiger partial charge is 0.146 e. The Labute approximate surface area is 97.4 Å². The number of aryl methyl sites for hydroxylation is 1. The third-order valence-electron chi connectivity index (χ3n) is 2.73. The number of hydrogen-bond donors (Lipinski definition) is 0. The summed E-state index contributed by atoms with van der Waals surface area (Å²) in [5, 5.41) is 9.11. The van der Waals surface area contributed by atoms with E-state index in [1.54, 1.807) is 6.20 Å². The molecule has 16 heavy (non-hydrogen) atoms. The fraction of sp³-hybridized carbons (Fsp3) is 0.455. The molecular formula is C11H13N3OS. The maximum Gasteiger partial charge on any atom is 0.146 e. The number of nitriles is 1. The third kappa shape index (κ3) is 2.07. The summed E-state index contributed by atoms with van der Waals surface area (Å²) in [7, 11) is -0.701. The number of aromatic nitrogens is 1. The first-order chi connectivity index (χ1) is 7.72. The van der Waals surface area contributed by atoms with Gasteiger partial charge in [-0.2, -0.15) is 5.26 Å². The second kappa shape index (κ2) is 4.62. The van der Waals surface area contributed by atoms with Crippen molar-refractivity contribution in [1.29, 1.82) is 5.26 Å². The van der Waals surface area contributed by atoms with E-state index in [2.05, 4.69) is 11.1 Å². The van der Waals surface area contributed by atoms with E-state index in [1.165, 1.54) is 0 Å². The number of hydrogen-bond acceptors (Lipinski definition) is 4. The predicted molar refractivity (Wildman–Crippen MR) is 63.8 cm³/mol. The summed E-state index contributed by atoms with van der Waals surface area (Å²) in [6, 6.07) is 4.03. The molecule has 4 nitrogen and oxygen atoms in total. The SMILES string of the molecule is Cc1ccnc(N2CCS(=O)CC2)c1C#N. The molecule has 0 aromatic carbocycles. The zero-order valence-corrected chi connectivity index (χ0v) is 9.96. The van der Waals surface area contributed by atoms with Crippen LogP contribution in [0.2, 0.25) is 0 Å². The summed E-state index contributed by atoms with van der Waals surface area (Å²) >= 11 is 0. The zero-order valence-electron chi connectivity index (χ0n) is 9.14. The molecule has 0 amide bonds. The molecule has 5 heteroatoms. The van der Waals surface area contributed by atoms with Crippen LogP contribution in [0.4, 0.5) is 5.82 Å². The van der Waals surface area contributed by atoms with E-state index >= 15 is 0 Å². The lowest BCUT2D eigenvalue weighted by atomic mass is 10.1. The summed E-state index contributed by atoms with van der Waals surface area (Å²) in [4.78, 5) is 6.31. The second-order valence-electron chi connectivity index (χ2n) is 3.77. The van der Waals surface area contributed by atoms with Crippen LogP contribution in [-0.4, -0.2) is 33.8 Å². The number of pyridine rings is 1. The average Bonchev–Trinajstić information content (AvgIpc) is 2.30. The van der Waals surface area contributed by atoms with Gasteiger partial charge in [-0.25, -0.2) is 4.98 Å². The summed E-state index contributed by atoms with van der Waals surface area (Å²) in [6.45, 7) is 3.35. The monoisotopic (exact) mass is 235 g/mol. The van der Waals surface area contributed by atoms with Gasteiger partial charge >= 0.3 is 0 Å². The van der Waals surface area contributed by atoms with Gasteiger partial charge in [0.2, 0.25) is 0 Å². The van der Waals surface area contributed by atoms with Crippen LogP contribution in [0.5, 0.6) is 0 Å². The molecule has 0 saturated carbocycles. The molecule has 0 bridgehead atoms. The molecule has 2 rings (SSSR count). The average molecular weight is 235 g/mol. The Hall–Kier alpha value is -1.41. The lowest BCUT2D eigenvalue weighted by molar-refractivity contribution is 0.672. The molecule has 1 saturated heterocycles. The minimum absolute atomic E-state index is 0.634. The summed E-state index contributed by atoms with van der Waals surface area (Å²) in [5.41, 5.74) is 1.58. The van der Waals surface area contributed by atoms with Crippen LogP contribution in [0.3, 0.4) is 0 Å². The first kappa shape index (κ1) is 11.1. The topological polar surface area (TPSA) is 57.0 Å². The van der Waals surface area contributed by atoms with Crippen molar-refractivity contribution in [3.63, 3.8) is 0 Å². The van der Waals surface area contributed by atoms with E-state index in [-0.39, 0.29) is 0 Å². The maximum atomic E-state index is 11.3. The molecule has 84 valence electrons. The molecule has 1 aliphatic heterocycles. The standard InChI is InChI=1S/C11H13N3OS/c1-9-2-3-13-11(10(9)8-12)14-4-6-16(15)7-5-14/h2-3H,4-7H2,1H3. The van der Waals surface area contributed by atoms with Gasteiger partial charge in [0, 0.05) is 41.6 Å². The van der Waals surface area contributed by atoms with Crippen molar-refractivity contribution in [3.05, 3.63) is 23.4 Å². The Morgan fingerprint density at radius 3 is 2.81 bits per heavy atom. The van der Waals surface area contributed by atoms with Crippen molar-refractivity contribution in [2.24, 2.45) is 0 Å². The number of rotatable bonds is 1. The maximum absolute atomic E-state index is 11.3. The minimum atomic E-state index is -0.701. The first-order valence-corrected chi connectivity index (χ1v) is 6.67. The van der Waals surface area contributed by atoms with E-state index in [0.29, 0.717) is 17.1 Å². The van der Waals surface area contributed by atoms with E-state index in [4.69, 9.17) is 5.26 Å². The van der Waals surface area contributed by atoms with E-state index in [9.17, 15) is 4.21 Å². The molecular weight excluding hydrogens is 222 g/mol. The van der Waals surface area contributed by atoms with Crippen molar-refractivity contribution in [3.8, 4) is 6.07 Å². The van der Waals surface area contributed by atoms with Gasteiger partial charge in [0.05, 0.1) is 5.56 Å². The zero-order chi connectivity index (χ0) is 11.5. The van der Waals surface area contributed by atoms with E-state index in [0.717, 1.165) is 24.5 Å². The molecule has 1 fully saturated rings. The highest BCUT2D eigenvalue weighted by Crippen LogP contribution is 2.20.